The number of fused-ring (bicyclic) bond motifs is 1. The SMILES string of the molecule is Cc1cccc(C(=O)NC2CCn3ccnc32)c1C. The summed E-state index contributed by atoms with van der Waals surface area (Å²) >= 11 is 0. The van der Waals surface area contributed by atoms with Crippen molar-refractivity contribution in [3.63, 3.8) is 0 Å². The molecule has 98 valence electrons. The summed E-state index contributed by atoms with van der Waals surface area (Å²) in [4.78, 5) is 16.7. The lowest BCUT2D eigenvalue weighted by molar-refractivity contribution is 0.0935. The molecule has 1 amide bonds. The minimum absolute atomic E-state index is 0.0114. The fraction of sp³-hybridized carbons (Fsp3) is 0.333. The van der Waals surface area contributed by atoms with Crippen LogP contribution in [0.25, 0.3) is 0 Å². The van der Waals surface area contributed by atoms with Gasteiger partial charge in [0, 0.05) is 24.5 Å². The number of carbonyl (C=O) groups excluding carboxylic acids is 1. The van der Waals surface area contributed by atoms with E-state index in [0.29, 0.717) is 0 Å². The van der Waals surface area contributed by atoms with Crippen molar-refractivity contribution < 1.29 is 4.79 Å². The van der Waals surface area contributed by atoms with E-state index in [0.717, 1.165) is 35.5 Å². The van der Waals surface area contributed by atoms with Crippen molar-refractivity contribution in [3.8, 4) is 0 Å². The molecule has 1 N–H and O–H groups in total. The normalized spacial score (nSPS) is 17.3. The van der Waals surface area contributed by atoms with Gasteiger partial charge in [0.2, 0.25) is 0 Å². The quantitative estimate of drug-likeness (QED) is 0.895. The van der Waals surface area contributed by atoms with Crippen LogP contribution in [-0.4, -0.2) is 15.5 Å². The second kappa shape index (κ2) is 4.53. The van der Waals surface area contributed by atoms with E-state index in [1.54, 1.807) is 6.20 Å². The second-order valence-corrected chi connectivity index (χ2v) is 5.04. The lowest BCUT2D eigenvalue weighted by atomic mass is 10.0. The maximum absolute atomic E-state index is 12.4. The molecule has 2 aromatic rings. The van der Waals surface area contributed by atoms with Crippen molar-refractivity contribution >= 4 is 5.91 Å². The van der Waals surface area contributed by atoms with Gasteiger partial charge in [-0.25, -0.2) is 4.98 Å². The predicted octanol–water partition coefficient (Wildman–Crippen LogP) is 2.37. The highest BCUT2D eigenvalue weighted by Crippen LogP contribution is 2.24. The summed E-state index contributed by atoms with van der Waals surface area (Å²) in [5.74, 6) is 0.946. The Morgan fingerprint density at radius 2 is 2.26 bits per heavy atom. The topological polar surface area (TPSA) is 46.9 Å². The average Bonchev–Trinajstić information content (AvgIpc) is 2.97. The summed E-state index contributed by atoms with van der Waals surface area (Å²) in [6.07, 6.45) is 4.66. The van der Waals surface area contributed by atoms with Gasteiger partial charge >= 0.3 is 0 Å². The number of imidazole rings is 1. The van der Waals surface area contributed by atoms with Crippen molar-refractivity contribution in [2.24, 2.45) is 0 Å². The van der Waals surface area contributed by atoms with Gasteiger partial charge in [0.15, 0.2) is 0 Å². The van der Waals surface area contributed by atoms with E-state index in [1.807, 2.05) is 38.2 Å². The average molecular weight is 255 g/mol. The Bertz CT molecular complexity index is 630. The van der Waals surface area contributed by atoms with Gasteiger partial charge in [0.1, 0.15) is 5.82 Å². The summed E-state index contributed by atoms with van der Waals surface area (Å²) in [7, 11) is 0. The summed E-state index contributed by atoms with van der Waals surface area (Å²) < 4.78 is 2.09. The van der Waals surface area contributed by atoms with Crippen LogP contribution in [0, 0.1) is 13.8 Å². The highest BCUT2D eigenvalue weighted by atomic mass is 16.1. The van der Waals surface area contributed by atoms with Crippen LogP contribution >= 0.6 is 0 Å². The molecule has 1 aliphatic heterocycles. The van der Waals surface area contributed by atoms with E-state index in [9.17, 15) is 4.79 Å². The lowest BCUT2D eigenvalue weighted by Gasteiger charge is -2.13. The summed E-state index contributed by atoms with van der Waals surface area (Å²) in [6.45, 7) is 4.93. The Balaban J connectivity index is 1.81. The number of hydrogen-bond acceptors (Lipinski definition) is 2. The van der Waals surface area contributed by atoms with E-state index in [2.05, 4.69) is 14.9 Å². The summed E-state index contributed by atoms with van der Waals surface area (Å²) in [5, 5.41) is 3.08. The fourth-order valence-corrected chi connectivity index (χ4v) is 2.59. The number of nitrogens with zero attached hydrogens (tertiary/aromatic N) is 2. The van der Waals surface area contributed by atoms with Crippen LogP contribution in [0.4, 0.5) is 0 Å². The number of aryl methyl sites for hydroxylation is 2. The molecule has 0 bridgehead atoms. The van der Waals surface area contributed by atoms with Crippen molar-refractivity contribution in [1.29, 1.82) is 0 Å². The number of hydrogen-bond donors (Lipinski definition) is 1. The first-order valence-electron chi connectivity index (χ1n) is 6.55. The van der Waals surface area contributed by atoms with Gasteiger partial charge in [-0.3, -0.25) is 4.79 Å². The third kappa shape index (κ3) is 2.03. The van der Waals surface area contributed by atoms with Gasteiger partial charge in [0.05, 0.1) is 6.04 Å². The molecule has 4 heteroatoms. The molecular formula is C15H17N3O. The van der Waals surface area contributed by atoms with E-state index in [1.165, 1.54) is 0 Å². The molecule has 0 fully saturated rings. The van der Waals surface area contributed by atoms with E-state index in [-0.39, 0.29) is 11.9 Å². The number of nitrogens with one attached hydrogen (secondary N) is 1. The van der Waals surface area contributed by atoms with Crippen LogP contribution in [0.1, 0.15) is 39.8 Å². The largest absolute Gasteiger partial charge is 0.342 e. The van der Waals surface area contributed by atoms with Gasteiger partial charge in [0.25, 0.3) is 5.91 Å². The van der Waals surface area contributed by atoms with Gasteiger partial charge < -0.3 is 9.88 Å². The molecule has 1 aliphatic rings. The molecule has 0 aliphatic carbocycles. The Morgan fingerprint density at radius 1 is 1.42 bits per heavy atom. The number of rotatable bonds is 2. The molecule has 0 saturated heterocycles. The summed E-state index contributed by atoms with van der Waals surface area (Å²) in [6, 6.07) is 5.85. The first kappa shape index (κ1) is 12.0. The van der Waals surface area contributed by atoms with Crippen LogP contribution in [0.5, 0.6) is 0 Å². The first-order valence-corrected chi connectivity index (χ1v) is 6.55. The Labute approximate surface area is 112 Å². The molecule has 0 radical (unpaired) electrons. The third-order valence-electron chi connectivity index (χ3n) is 3.87. The highest BCUT2D eigenvalue weighted by Gasteiger charge is 2.25. The Kier molecular flexibility index (Phi) is 2.85. The van der Waals surface area contributed by atoms with Gasteiger partial charge in [-0.2, -0.15) is 0 Å². The Morgan fingerprint density at radius 3 is 3.11 bits per heavy atom. The van der Waals surface area contributed by atoms with E-state index in [4.69, 9.17) is 0 Å². The van der Waals surface area contributed by atoms with Gasteiger partial charge in [-0.15, -0.1) is 0 Å². The maximum Gasteiger partial charge on any atom is 0.252 e. The standard InChI is InChI=1S/C15H17N3O/c1-10-4-3-5-12(11(10)2)15(19)17-13-6-8-18-9-7-16-14(13)18/h3-5,7,9,13H,6,8H2,1-2H3,(H,17,19). The molecule has 0 saturated carbocycles. The minimum Gasteiger partial charge on any atom is -0.342 e. The van der Waals surface area contributed by atoms with Crippen LogP contribution in [0.3, 0.4) is 0 Å². The zero-order valence-corrected chi connectivity index (χ0v) is 11.2. The number of amides is 1. The smallest absolute Gasteiger partial charge is 0.252 e. The zero-order valence-electron chi connectivity index (χ0n) is 11.2. The van der Waals surface area contributed by atoms with Crippen molar-refractivity contribution in [1.82, 2.24) is 14.9 Å². The highest BCUT2D eigenvalue weighted by molar-refractivity contribution is 5.96. The van der Waals surface area contributed by atoms with Gasteiger partial charge in [-0.1, -0.05) is 12.1 Å². The van der Waals surface area contributed by atoms with Crippen molar-refractivity contribution in [3.05, 3.63) is 53.1 Å². The molecule has 2 heterocycles. The minimum atomic E-state index is -0.0114. The molecule has 1 aromatic carbocycles. The molecule has 1 unspecified atom stereocenters. The first-order chi connectivity index (χ1) is 9.16. The Hall–Kier alpha value is -2.10. The number of aromatic nitrogens is 2. The number of benzene rings is 1. The molecule has 4 nitrogen and oxygen atoms in total. The second-order valence-electron chi connectivity index (χ2n) is 5.04. The summed E-state index contributed by atoms with van der Waals surface area (Å²) in [5.41, 5.74) is 2.94. The van der Waals surface area contributed by atoms with Crippen LogP contribution in [0.2, 0.25) is 0 Å². The van der Waals surface area contributed by atoms with Crippen LogP contribution in [-0.2, 0) is 6.54 Å². The molecule has 1 atom stereocenters. The fourth-order valence-electron chi connectivity index (χ4n) is 2.59. The number of carbonyl (C=O) groups is 1. The zero-order chi connectivity index (χ0) is 13.4. The maximum atomic E-state index is 12.4. The third-order valence-corrected chi connectivity index (χ3v) is 3.87. The van der Waals surface area contributed by atoms with Crippen molar-refractivity contribution in [2.75, 3.05) is 0 Å². The van der Waals surface area contributed by atoms with E-state index >= 15 is 0 Å². The van der Waals surface area contributed by atoms with Crippen LogP contribution in [0.15, 0.2) is 30.6 Å². The van der Waals surface area contributed by atoms with Crippen LogP contribution < -0.4 is 5.32 Å². The lowest BCUT2D eigenvalue weighted by Crippen LogP contribution is -2.28. The predicted molar refractivity (Wildman–Crippen MR) is 73.0 cm³/mol. The monoisotopic (exact) mass is 255 g/mol. The molecular weight excluding hydrogens is 238 g/mol. The van der Waals surface area contributed by atoms with Gasteiger partial charge in [-0.05, 0) is 37.5 Å². The van der Waals surface area contributed by atoms with E-state index < -0.39 is 0 Å². The molecule has 0 spiro atoms. The van der Waals surface area contributed by atoms with Crippen molar-refractivity contribution in [2.45, 2.75) is 32.9 Å². The molecule has 3 rings (SSSR count). The molecule has 19 heavy (non-hydrogen) atoms. The molecule has 1 aromatic heterocycles.